The molecule has 2 aromatic carbocycles. The number of aryl methyl sites for hydroxylation is 3. The normalized spacial score (nSPS) is 17.6. The van der Waals surface area contributed by atoms with Gasteiger partial charge in [-0.3, -0.25) is 9.78 Å². The van der Waals surface area contributed by atoms with Crippen LogP contribution in [0.15, 0.2) is 63.9 Å². The van der Waals surface area contributed by atoms with Crippen LogP contribution in [0, 0.1) is 23.0 Å². The van der Waals surface area contributed by atoms with Crippen molar-refractivity contribution in [1.82, 2.24) is 25.1 Å². The summed E-state index contributed by atoms with van der Waals surface area (Å²) >= 11 is 1.45. The molecule has 0 unspecified atom stereocenters. The third kappa shape index (κ3) is 4.89. The van der Waals surface area contributed by atoms with Crippen LogP contribution in [-0.2, 0) is 19.3 Å². The molecule has 0 bridgehead atoms. The highest BCUT2D eigenvalue weighted by Gasteiger charge is 2.45. The Morgan fingerprint density at radius 3 is 2.72 bits per heavy atom. The molecule has 6 aromatic rings. The van der Waals surface area contributed by atoms with Gasteiger partial charge in [-0.15, -0.1) is 16.4 Å². The molecule has 4 aromatic heterocycles. The van der Waals surface area contributed by atoms with Crippen molar-refractivity contribution < 1.29 is 18.0 Å². The van der Waals surface area contributed by atoms with Crippen LogP contribution in [0.3, 0.4) is 0 Å². The highest BCUT2D eigenvalue weighted by atomic mass is 32.1. The summed E-state index contributed by atoms with van der Waals surface area (Å²) < 4.78 is 34.8. The summed E-state index contributed by atoms with van der Waals surface area (Å²) in [5, 5.41) is 20.3. The molecule has 50 heavy (non-hydrogen) atoms. The number of anilines is 1. The van der Waals surface area contributed by atoms with Crippen LogP contribution >= 0.6 is 11.3 Å². The third-order valence-electron chi connectivity index (χ3n) is 9.98. The number of carbonyl (C=O) groups excluding carboxylic acids is 1. The predicted molar refractivity (Wildman–Crippen MR) is 182 cm³/mol. The Labute approximate surface area is 287 Å². The van der Waals surface area contributed by atoms with Crippen molar-refractivity contribution in [2.45, 2.75) is 50.6 Å². The maximum absolute atomic E-state index is 14.7. The number of nitriles is 1. The summed E-state index contributed by atoms with van der Waals surface area (Å²) in [5.74, 6) is -1.08. The number of hydrogen-bond acceptors (Lipinski definition) is 9. The molecule has 3 aliphatic rings. The van der Waals surface area contributed by atoms with Crippen molar-refractivity contribution in [2.24, 2.45) is 0 Å². The molecule has 248 valence electrons. The molecule has 1 amide bonds. The van der Waals surface area contributed by atoms with E-state index in [0.717, 1.165) is 44.5 Å². The largest absolute Gasteiger partial charge is 0.434 e. The first-order valence-corrected chi connectivity index (χ1v) is 17.2. The maximum atomic E-state index is 14.7. The number of halogens is 2. The Morgan fingerprint density at radius 2 is 1.92 bits per heavy atom. The summed E-state index contributed by atoms with van der Waals surface area (Å²) in [6.45, 7) is 0.626. The van der Waals surface area contributed by atoms with Gasteiger partial charge in [0.05, 0.1) is 44.9 Å². The van der Waals surface area contributed by atoms with Gasteiger partial charge >= 0.3 is 5.76 Å². The van der Waals surface area contributed by atoms with Crippen molar-refractivity contribution in [3.63, 3.8) is 0 Å². The first-order valence-electron chi connectivity index (χ1n) is 16.4. The number of aromatic amines is 1. The monoisotopic (exact) mass is 687 g/mol. The number of fused-ring (bicyclic) bond motifs is 5. The molecule has 1 fully saturated rings. The summed E-state index contributed by atoms with van der Waals surface area (Å²) in [6, 6.07) is 14.8. The summed E-state index contributed by atoms with van der Waals surface area (Å²) in [6.07, 6.45) is 5.74. The molecule has 9 rings (SSSR count). The van der Waals surface area contributed by atoms with Crippen LogP contribution in [0.5, 0.6) is 0 Å². The van der Waals surface area contributed by atoms with Gasteiger partial charge in [-0.2, -0.15) is 5.26 Å². The molecule has 1 saturated heterocycles. The molecular weight excluding hydrogens is 661 g/mol. The van der Waals surface area contributed by atoms with E-state index in [1.807, 2.05) is 23.1 Å². The second kappa shape index (κ2) is 11.7. The number of amides is 1. The molecular formula is C37H27F2N7O3S. The summed E-state index contributed by atoms with van der Waals surface area (Å²) in [7, 11) is 0. The van der Waals surface area contributed by atoms with Gasteiger partial charge in [0.25, 0.3) is 11.8 Å². The number of rotatable bonds is 7. The minimum Gasteiger partial charge on any atom is -0.388 e. The van der Waals surface area contributed by atoms with Crippen molar-refractivity contribution in [3.8, 4) is 28.0 Å². The van der Waals surface area contributed by atoms with Gasteiger partial charge in [-0.05, 0) is 97.0 Å². The Bertz CT molecular complexity index is 2460. The zero-order valence-corrected chi connectivity index (χ0v) is 27.2. The van der Waals surface area contributed by atoms with E-state index in [0.29, 0.717) is 66.1 Å². The number of nitrogens with one attached hydrogen (secondary N) is 2. The van der Waals surface area contributed by atoms with Crippen LogP contribution in [0.25, 0.3) is 32.0 Å². The van der Waals surface area contributed by atoms with Crippen molar-refractivity contribution in [3.05, 3.63) is 116 Å². The number of nitrogens with zero attached hydrogens (tertiary/aromatic N) is 5. The number of thiophene rings is 1. The van der Waals surface area contributed by atoms with Gasteiger partial charge in [-0.25, -0.2) is 23.7 Å². The fraction of sp³-hybridized carbons (Fsp3) is 0.243. The van der Waals surface area contributed by atoms with Crippen LogP contribution in [0.4, 0.5) is 14.6 Å². The Morgan fingerprint density at radius 1 is 1.06 bits per heavy atom. The molecule has 2 aliphatic heterocycles. The van der Waals surface area contributed by atoms with Gasteiger partial charge in [0, 0.05) is 23.2 Å². The van der Waals surface area contributed by atoms with Crippen LogP contribution in [0.1, 0.15) is 75.3 Å². The van der Waals surface area contributed by atoms with E-state index >= 15 is 0 Å². The van der Waals surface area contributed by atoms with E-state index in [1.54, 1.807) is 24.4 Å². The molecule has 2 N–H and O–H groups in total. The minimum atomic E-state index is -0.731. The molecule has 6 heterocycles. The molecule has 2 atom stereocenters. The van der Waals surface area contributed by atoms with Crippen LogP contribution in [-0.4, -0.2) is 37.5 Å². The maximum Gasteiger partial charge on any atom is 0.434 e. The van der Waals surface area contributed by atoms with E-state index in [4.69, 9.17) is 9.40 Å². The van der Waals surface area contributed by atoms with Crippen molar-refractivity contribution >= 4 is 33.1 Å². The summed E-state index contributed by atoms with van der Waals surface area (Å²) in [4.78, 5) is 38.9. The van der Waals surface area contributed by atoms with Gasteiger partial charge < -0.3 is 14.6 Å². The van der Waals surface area contributed by atoms with E-state index in [1.165, 1.54) is 29.5 Å². The van der Waals surface area contributed by atoms with Gasteiger partial charge in [-0.1, -0.05) is 12.1 Å². The standard InChI is InChI=1S/C37H27F2N7O3S/c38-22-7-3-18(4-8-22)5-9-26-29(35-44-45-37(48)49-35)30(31-32(42-26)27-2-1-13-46(27)36(31)47)28-15-20-11-12-41-34(33(20)50-28)43-25-10-6-19-14-21(17-40)24(39)16-23(19)25/h3-4,7-8,11-12,14-16,25,27H,1-2,5-6,9-10,13H2,(H,41,43)(H,45,48)/t25-,27-/m0/s1. The SMILES string of the molecule is N#Cc1cc2c(cc1F)[C@@H](Nc1nccc3cc(-c4c5c(nc(CCc6ccc(F)cc6)c4-c4n[nH]c(=O)o4)[C@@H]4CCCN4C5=O)sc13)CC2. The molecule has 0 radical (unpaired) electrons. The second-order valence-electron chi connectivity index (χ2n) is 12.8. The van der Waals surface area contributed by atoms with Crippen molar-refractivity contribution in [2.75, 3.05) is 11.9 Å². The van der Waals surface area contributed by atoms with Gasteiger partial charge in [0.1, 0.15) is 23.5 Å². The lowest BCUT2D eigenvalue weighted by molar-refractivity contribution is 0.0776. The van der Waals surface area contributed by atoms with Crippen LogP contribution in [0.2, 0.25) is 0 Å². The van der Waals surface area contributed by atoms with E-state index in [2.05, 4.69) is 20.5 Å². The third-order valence-corrected chi connectivity index (χ3v) is 11.2. The predicted octanol–water partition coefficient (Wildman–Crippen LogP) is 7.03. The number of aromatic nitrogens is 4. The van der Waals surface area contributed by atoms with Crippen LogP contribution < -0.4 is 11.1 Å². The van der Waals surface area contributed by atoms with E-state index in [-0.39, 0.29) is 35.3 Å². The Hall–Kier alpha value is -5.74. The number of H-pyrrole nitrogens is 1. The lowest BCUT2D eigenvalue weighted by atomic mass is 9.93. The van der Waals surface area contributed by atoms with Gasteiger partial charge in [0.2, 0.25) is 0 Å². The smallest absolute Gasteiger partial charge is 0.388 e. The molecule has 0 saturated carbocycles. The fourth-order valence-electron chi connectivity index (χ4n) is 7.68. The minimum absolute atomic E-state index is 0.0320. The average Bonchev–Trinajstić information content (AvgIpc) is 3.96. The zero-order valence-electron chi connectivity index (χ0n) is 26.4. The number of benzene rings is 2. The van der Waals surface area contributed by atoms with E-state index < -0.39 is 11.6 Å². The Kier molecular flexibility index (Phi) is 7.10. The first kappa shape index (κ1) is 30.3. The highest BCUT2D eigenvalue weighted by Crippen LogP contribution is 2.50. The number of carbonyl (C=O) groups is 1. The topological polar surface area (TPSA) is 141 Å². The summed E-state index contributed by atoms with van der Waals surface area (Å²) in [5.41, 5.74) is 5.54. The molecule has 1 aliphatic carbocycles. The average molecular weight is 688 g/mol. The first-order chi connectivity index (χ1) is 24.4. The molecule has 0 spiro atoms. The van der Waals surface area contributed by atoms with Crippen molar-refractivity contribution in [1.29, 1.82) is 5.26 Å². The second-order valence-corrected chi connectivity index (χ2v) is 13.9. The fourth-order valence-corrected chi connectivity index (χ4v) is 8.84. The number of pyridine rings is 2. The highest BCUT2D eigenvalue weighted by molar-refractivity contribution is 7.23. The quantitative estimate of drug-likeness (QED) is 0.182. The molecule has 13 heteroatoms. The van der Waals surface area contributed by atoms with Gasteiger partial charge in [0.15, 0.2) is 0 Å². The molecule has 10 nitrogen and oxygen atoms in total. The Balaban J connectivity index is 1.20. The van der Waals surface area contributed by atoms with E-state index in [9.17, 15) is 23.6 Å². The zero-order chi connectivity index (χ0) is 34.1. The lowest BCUT2D eigenvalue weighted by Crippen LogP contribution is -2.22. The lowest BCUT2D eigenvalue weighted by Gasteiger charge is -2.16. The number of hydrogen-bond donors (Lipinski definition) is 2.